The minimum absolute atomic E-state index is 0.0295. The van der Waals surface area contributed by atoms with Crippen molar-refractivity contribution < 1.29 is 19.2 Å². The van der Waals surface area contributed by atoms with Gasteiger partial charge < -0.3 is 15.4 Å². The molecule has 0 saturated carbocycles. The number of nitro groups is 1. The smallest absolute Gasteiger partial charge is 0.271 e. The van der Waals surface area contributed by atoms with Crippen molar-refractivity contribution in [1.82, 2.24) is 5.32 Å². The minimum atomic E-state index is -0.559. The van der Waals surface area contributed by atoms with Crippen molar-refractivity contribution in [1.29, 1.82) is 0 Å². The monoisotopic (exact) mass is 349 g/mol. The summed E-state index contributed by atoms with van der Waals surface area (Å²) in [4.78, 5) is 33.9. The minimum Gasteiger partial charge on any atom is -0.495 e. The average molecular weight is 349 g/mol. The summed E-state index contributed by atoms with van der Waals surface area (Å²) in [6.45, 7) is 0.151. The molecule has 0 bridgehead atoms. The summed E-state index contributed by atoms with van der Waals surface area (Å²) in [5.74, 6) is -0.326. The quantitative estimate of drug-likeness (QED) is 0.589. The van der Waals surface area contributed by atoms with Crippen molar-refractivity contribution in [2.45, 2.75) is 6.42 Å². The second-order valence-electron chi connectivity index (χ2n) is 4.71. The van der Waals surface area contributed by atoms with E-state index >= 15 is 0 Å². The van der Waals surface area contributed by atoms with E-state index in [2.05, 4.69) is 10.6 Å². The van der Waals surface area contributed by atoms with Crippen molar-refractivity contribution >= 4 is 34.5 Å². The molecule has 0 saturated heterocycles. The molecule has 2 N–H and O–H groups in total. The summed E-state index contributed by atoms with van der Waals surface area (Å²) in [5, 5.41) is 19.5. The van der Waals surface area contributed by atoms with Gasteiger partial charge >= 0.3 is 0 Å². The van der Waals surface area contributed by atoms with Crippen LogP contribution in [-0.4, -0.2) is 30.4 Å². The van der Waals surface area contributed by atoms with Crippen LogP contribution in [0, 0.1) is 10.1 Å². The van der Waals surface area contributed by atoms with E-state index in [9.17, 15) is 19.7 Å². The van der Waals surface area contributed by atoms with E-state index in [0.717, 1.165) is 0 Å². The van der Waals surface area contributed by atoms with Crippen molar-refractivity contribution in [3.63, 3.8) is 0 Å². The Labute approximate surface area is 141 Å². The third kappa shape index (κ3) is 4.53. The lowest BCUT2D eigenvalue weighted by molar-refractivity contribution is -0.384. The number of thiophene rings is 1. The summed E-state index contributed by atoms with van der Waals surface area (Å²) < 4.78 is 5.07. The molecule has 126 valence electrons. The highest BCUT2D eigenvalue weighted by Gasteiger charge is 2.14. The molecule has 1 aromatic carbocycles. The first-order valence-corrected chi connectivity index (χ1v) is 7.88. The predicted molar refractivity (Wildman–Crippen MR) is 89.5 cm³/mol. The summed E-state index contributed by atoms with van der Waals surface area (Å²) in [6.07, 6.45) is 0.0295. The van der Waals surface area contributed by atoms with Gasteiger partial charge in [0.25, 0.3) is 11.6 Å². The standard InChI is InChI=1S/C15H15N3O5S/c1-23-13-3-2-11(18(21)22)8-12(13)17-14(19)4-6-16-15(20)10-5-7-24-9-10/h2-3,5,7-9H,4,6H2,1H3,(H,16,20)(H,17,19). The fraction of sp³-hybridized carbons (Fsp3) is 0.200. The number of nitro benzene ring substituents is 1. The topological polar surface area (TPSA) is 111 Å². The summed E-state index contributed by atoms with van der Waals surface area (Å²) in [7, 11) is 1.40. The Kier molecular flexibility index (Phi) is 5.85. The van der Waals surface area contributed by atoms with Crippen LogP contribution in [0.5, 0.6) is 5.75 Å². The first-order chi connectivity index (χ1) is 11.5. The third-order valence-electron chi connectivity index (χ3n) is 3.09. The van der Waals surface area contributed by atoms with E-state index in [-0.39, 0.29) is 36.2 Å². The van der Waals surface area contributed by atoms with Gasteiger partial charge in [-0.15, -0.1) is 0 Å². The number of ether oxygens (including phenoxy) is 1. The van der Waals surface area contributed by atoms with Gasteiger partial charge in [0.05, 0.1) is 17.7 Å². The number of nitrogens with zero attached hydrogens (tertiary/aromatic N) is 1. The molecule has 8 nitrogen and oxygen atoms in total. The molecule has 24 heavy (non-hydrogen) atoms. The molecule has 0 aliphatic heterocycles. The number of rotatable bonds is 7. The number of hydrogen-bond acceptors (Lipinski definition) is 6. The molecule has 0 aliphatic rings. The molecule has 0 unspecified atom stereocenters. The van der Waals surface area contributed by atoms with E-state index in [1.807, 2.05) is 0 Å². The summed E-state index contributed by atoms with van der Waals surface area (Å²) in [6, 6.07) is 5.61. The zero-order chi connectivity index (χ0) is 17.5. The Balaban J connectivity index is 1.91. The van der Waals surface area contributed by atoms with Gasteiger partial charge in [0, 0.05) is 36.0 Å². The molecule has 9 heteroatoms. The lowest BCUT2D eigenvalue weighted by atomic mass is 10.2. The number of methoxy groups -OCH3 is 1. The number of carbonyl (C=O) groups excluding carboxylic acids is 2. The predicted octanol–water partition coefficient (Wildman–Crippen LogP) is 2.42. The normalized spacial score (nSPS) is 10.0. The van der Waals surface area contributed by atoms with Crippen LogP contribution in [0.1, 0.15) is 16.8 Å². The Morgan fingerprint density at radius 1 is 1.33 bits per heavy atom. The number of nitrogens with one attached hydrogen (secondary N) is 2. The Bertz CT molecular complexity index is 746. The van der Waals surface area contributed by atoms with Crippen molar-refractivity contribution in [2.75, 3.05) is 19.0 Å². The number of anilines is 1. The maximum Gasteiger partial charge on any atom is 0.271 e. The number of non-ortho nitro benzene ring substituents is 1. The van der Waals surface area contributed by atoms with Crippen LogP contribution in [0.3, 0.4) is 0 Å². The molecule has 2 amide bonds. The highest BCUT2D eigenvalue weighted by Crippen LogP contribution is 2.28. The molecule has 0 fully saturated rings. The third-order valence-corrected chi connectivity index (χ3v) is 3.77. The Morgan fingerprint density at radius 3 is 2.75 bits per heavy atom. The van der Waals surface area contributed by atoms with Gasteiger partial charge in [0.2, 0.25) is 5.91 Å². The average Bonchev–Trinajstić information content (AvgIpc) is 3.09. The fourth-order valence-electron chi connectivity index (χ4n) is 1.91. The van der Waals surface area contributed by atoms with Gasteiger partial charge in [-0.25, -0.2) is 0 Å². The molecular weight excluding hydrogens is 334 g/mol. The van der Waals surface area contributed by atoms with E-state index in [1.54, 1.807) is 16.8 Å². The van der Waals surface area contributed by atoms with Gasteiger partial charge in [0.15, 0.2) is 0 Å². The molecular formula is C15H15N3O5S. The van der Waals surface area contributed by atoms with E-state index in [0.29, 0.717) is 11.3 Å². The zero-order valence-corrected chi connectivity index (χ0v) is 13.6. The lowest BCUT2D eigenvalue weighted by Crippen LogP contribution is -2.27. The SMILES string of the molecule is COc1ccc([N+](=O)[O-])cc1NC(=O)CCNC(=O)c1ccsc1. The molecule has 2 aromatic rings. The van der Waals surface area contributed by atoms with Crippen molar-refractivity contribution in [2.24, 2.45) is 0 Å². The molecule has 0 radical (unpaired) electrons. The first kappa shape index (κ1) is 17.4. The number of amides is 2. The summed E-state index contributed by atoms with van der Waals surface area (Å²) in [5.41, 5.74) is 0.596. The molecule has 1 heterocycles. The second kappa shape index (κ2) is 8.06. The van der Waals surface area contributed by atoms with Crippen molar-refractivity contribution in [3.8, 4) is 5.75 Å². The second-order valence-corrected chi connectivity index (χ2v) is 5.49. The molecule has 0 aliphatic carbocycles. The van der Waals surface area contributed by atoms with E-state index in [1.165, 1.54) is 36.6 Å². The van der Waals surface area contributed by atoms with Crippen LogP contribution >= 0.6 is 11.3 Å². The first-order valence-electron chi connectivity index (χ1n) is 6.94. The van der Waals surface area contributed by atoms with Crippen LogP contribution in [0.25, 0.3) is 0 Å². The molecule has 1 aromatic heterocycles. The number of carbonyl (C=O) groups is 2. The van der Waals surface area contributed by atoms with Gasteiger partial charge in [-0.05, 0) is 17.5 Å². The van der Waals surface area contributed by atoms with Crippen LogP contribution in [-0.2, 0) is 4.79 Å². The largest absolute Gasteiger partial charge is 0.495 e. The molecule has 2 rings (SSSR count). The zero-order valence-electron chi connectivity index (χ0n) is 12.8. The van der Waals surface area contributed by atoms with Crippen LogP contribution in [0.4, 0.5) is 11.4 Å². The number of benzene rings is 1. The highest BCUT2D eigenvalue weighted by molar-refractivity contribution is 7.08. The maximum atomic E-state index is 11.9. The van der Waals surface area contributed by atoms with Gasteiger partial charge in [-0.2, -0.15) is 11.3 Å². The van der Waals surface area contributed by atoms with Gasteiger partial charge in [0.1, 0.15) is 5.75 Å². The van der Waals surface area contributed by atoms with Crippen molar-refractivity contribution in [3.05, 3.63) is 50.7 Å². The maximum absolute atomic E-state index is 11.9. The molecule has 0 atom stereocenters. The Hall–Kier alpha value is -2.94. The van der Waals surface area contributed by atoms with E-state index in [4.69, 9.17) is 4.74 Å². The van der Waals surface area contributed by atoms with E-state index < -0.39 is 4.92 Å². The Morgan fingerprint density at radius 2 is 2.12 bits per heavy atom. The van der Waals surface area contributed by atoms with Crippen LogP contribution < -0.4 is 15.4 Å². The highest BCUT2D eigenvalue weighted by atomic mass is 32.1. The van der Waals surface area contributed by atoms with Gasteiger partial charge in [-0.3, -0.25) is 19.7 Å². The molecule has 0 spiro atoms. The van der Waals surface area contributed by atoms with Gasteiger partial charge in [-0.1, -0.05) is 0 Å². The fourth-order valence-corrected chi connectivity index (χ4v) is 2.54. The summed E-state index contributed by atoms with van der Waals surface area (Å²) >= 11 is 1.41. The lowest BCUT2D eigenvalue weighted by Gasteiger charge is -2.10. The number of hydrogen-bond donors (Lipinski definition) is 2. The van der Waals surface area contributed by atoms with Crippen LogP contribution in [0.2, 0.25) is 0 Å². The van der Waals surface area contributed by atoms with Crippen LogP contribution in [0.15, 0.2) is 35.0 Å².